The lowest BCUT2D eigenvalue weighted by molar-refractivity contribution is 0.612. The molecule has 0 amide bonds. The minimum Gasteiger partial charge on any atom is -0.327 e. The summed E-state index contributed by atoms with van der Waals surface area (Å²) in [5.41, 5.74) is 10.5. The molecule has 0 spiro atoms. The van der Waals surface area contributed by atoms with Crippen LogP contribution in [0.15, 0.2) is 34.2 Å². The third kappa shape index (κ3) is 3.90. The van der Waals surface area contributed by atoms with Crippen LogP contribution in [-0.4, -0.2) is 11.0 Å². The van der Waals surface area contributed by atoms with Gasteiger partial charge in [-0.05, 0) is 43.9 Å². The average molecular weight is 325 g/mol. The van der Waals surface area contributed by atoms with Crippen molar-refractivity contribution in [2.75, 3.05) is 0 Å². The largest absolute Gasteiger partial charge is 0.327 e. The third-order valence-electron chi connectivity index (χ3n) is 3.00. The third-order valence-corrected chi connectivity index (χ3v) is 4.52. The first-order valence-corrected chi connectivity index (χ1v) is 7.71. The maximum Gasteiger partial charge on any atom is 0.0797 e. The molecule has 0 saturated heterocycles. The Morgan fingerprint density at radius 2 is 2.06 bits per heavy atom. The summed E-state index contributed by atoms with van der Waals surface area (Å²) < 4.78 is 1.11. The van der Waals surface area contributed by atoms with Crippen molar-refractivity contribution in [1.29, 1.82) is 0 Å². The number of nitrogens with zero attached hydrogens (tertiary/aromatic N) is 1. The van der Waals surface area contributed by atoms with Crippen LogP contribution < -0.4 is 5.73 Å². The molecule has 96 valence electrons. The van der Waals surface area contributed by atoms with Gasteiger partial charge in [-0.15, -0.1) is 11.3 Å². The highest BCUT2D eigenvalue weighted by atomic mass is 79.9. The van der Waals surface area contributed by atoms with Gasteiger partial charge in [-0.1, -0.05) is 28.1 Å². The van der Waals surface area contributed by atoms with Gasteiger partial charge in [-0.3, -0.25) is 0 Å². The normalized spacial score (nSPS) is 12.6. The van der Waals surface area contributed by atoms with E-state index in [1.165, 1.54) is 10.4 Å². The van der Waals surface area contributed by atoms with Gasteiger partial charge < -0.3 is 5.73 Å². The lowest BCUT2D eigenvalue weighted by atomic mass is 10.0. The molecule has 1 aromatic carbocycles. The molecule has 4 heteroatoms. The van der Waals surface area contributed by atoms with Crippen LogP contribution in [0.25, 0.3) is 0 Å². The zero-order chi connectivity index (χ0) is 13.0. The number of halogens is 1. The van der Waals surface area contributed by atoms with Crippen LogP contribution in [-0.2, 0) is 12.8 Å². The SMILES string of the molecule is Cc1ncsc1CCC(N)Cc1ccc(Br)cc1. The van der Waals surface area contributed by atoms with Gasteiger partial charge in [0.1, 0.15) is 0 Å². The maximum atomic E-state index is 6.18. The van der Waals surface area contributed by atoms with E-state index in [0.29, 0.717) is 0 Å². The van der Waals surface area contributed by atoms with E-state index in [2.05, 4.69) is 52.1 Å². The molecular weight excluding hydrogens is 308 g/mol. The van der Waals surface area contributed by atoms with E-state index in [4.69, 9.17) is 5.73 Å². The number of aryl methyl sites for hydroxylation is 2. The van der Waals surface area contributed by atoms with Crippen molar-refractivity contribution >= 4 is 27.3 Å². The molecule has 1 aromatic heterocycles. The zero-order valence-electron chi connectivity index (χ0n) is 10.4. The number of nitrogens with two attached hydrogens (primary N) is 1. The quantitative estimate of drug-likeness (QED) is 0.910. The second-order valence-corrected chi connectivity index (χ2v) is 6.35. The van der Waals surface area contributed by atoms with Crippen LogP contribution in [0.4, 0.5) is 0 Å². The van der Waals surface area contributed by atoms with E-state index >= 15 is 0 Å². The van der Waals surface area contributed by atoms with Crippen molar-refractivity contribution in [3.05, 3.63) is 50.4 Å². The fourth-order valence-corrected chi connectivity index (χ4v) is 2.97. The van der Waals surface area contributed by atoms with Crippen LogP contribution in [0.2, 0.25) is 0 Å². The van der Waals surface area contributed by atoms with Crippen LogP contribution in [0.1, 0.15) is 22.6 Å². The summed E-state index contributed by atoms with van der Waals surface area (Å²) in [6.45, 7) is 2.06. The molecule has 0 bridgehead atoms. The van der Waals surface area contributed by atoms with Gasteiger partial charge >= 0.3 is 0 Å². The molecule has 1 unspecified atom stereocenters. The molecule has 18 heavy (non-hydrogen) atoms. The molecule has 0 fully saturated rings. The number of aromatic nitrogens is 1. The molecular formula is C14H17BrN2S. The maximum absolute atomic E-state index is 6.18. The average Bonchev–Trinajstić information content (AvgIpc) is 2.75. The van der Waals surface area contributed by atoms with Crippen molar-refractivity contribution in [3.63, 3.8) is 0 Å². The Labute approximate surface area is 120 Å². The summed E-state index contributed by atoms with van der Waals surface area (Å²) in [5, 5.41) is 0. The molecule has 0 aliphatic heterocycles. The fraction of sp³-hybridized carbons (Fsp3) is 0.357. The Morgan fingerprint density at radius 3 is 2.67 bits per heavy atom. The monoisotopic (exact) mass is 324 g/mol. The lowest BCUT2D eigenvalue weighted by Crippen LogP contribution is -2.23. The van der Waals surface area contributed by atoms with Crippen LogP contribution in [0.5, 0.6) is 0 Å². The highest BCUT2D eigenvalue weighted by Gasteiger charge is 2.07. The van der Waals surface area contributed by atoms with Crippen molar-refractivity contribution in [2.24, 2.45) is 5.73 Å². The molecule has 2 N–H and O–H groups in total. The predicted octanol–water partition coefficient (Wildman–Crippen LogP) is 3.72. The summed E-state index contributed by atoms with van der Waals surface area (Å²) in [6.07, 6.45) is 2.98. The summed E-state index contributed by atoms with van der Waals surface area (Å²) in [4.78, 5) is 5.62. The van der Waals surface area contributed by atoms with Crippen LogP contribution in [0.3, 0.4) is 0 Å². The minimum atomic E-state index is 0.215. The van der Waals surface area contributed by atoms with E-state index in [9.17, 15) is 0 Å². The van der Waals surface area contributed by atoms with E-state index in [1.54, 1.807) is 11.3 Å². The van der Waals surface area contributed by atoms with Crippen molar-refractivity contribution < 1.29 is 0 Å². The minimum absolute atomic E-state index is 0.215. The number of rotatable bonds is 5. The van der Waals surface area contributed by atoms with Gasteiger partial charge in [-0.2, -0.15) is 0 Å². The van der Waals surface area contributed by atoms with Gasteiger partial charge in [0, 0.05) is 15.4 Å². The summed E-state index contributed by atoms with van der Waals surface area (Å²) in [7, 11) is 0. The predicted molar refractivity (Wildman–Crippen MR) is 81.0 cm³/mol. The first-order chi connectivity index (χ1) is 8.65. The summed E-state index contributed by atoms with van der Waals surface area (Å²) in [5.74, 6) is 0. The smallest absolute Gasteiger partial charge is 0.0797 e. The van der Waals surface area contributed by atoms with Gasteiger partial charge in [0.25, 0.3) is 0 Å². The number of hydrogen-bond donors (Lipinski definition) is 1. The zero-order valence-corrected chi connectivity index (χ0v) is 12.8. The molecule has 0 aliphatic carbocycles. The number of benzene rings is 1. The van der Waals surface area contributed by atoms with Crippen molar-refractivity contribution in [1.82, 2.24) is 4.98 Å². The Morgan fingerprint density at radius 1 is 1.33 bits per heavy atom. The van der Waals surface area contributed by atoms with E-state index in [-0.39, 0.29) is 6.04 Å². The van der Waals surface area contributed by atoms with Crippen LogP contribution in [0, 0.1) is 6.92 Å². The molecule has 0 radical (unpaired) electrons. The fourth-order valence-electron chi connectivity index (χ4n) is 1.91. The van der Waals surface area contributed by atoms with Gasteiger partial charge in [-0.25, -0.2) is 4.98 Å². The molecule has 1 heterocycles. The van der Waals surface area contributed by atoms with Gasteiger partial charge in [0.15, 0.2) is 0 Å². The Balaban J connectivity index is 1.83. The second-order valence-electron chi connectivity index (χ2n) is 4.49. The molecule has 0 saturated carbocycles. The molecule has 2 nitrogen and oxygen atoms in total. The standard InChI is InChI=1S/C14H17BrN2S/c1-10-14(18-9-17-10)7-6-13(16)8-11-2-4-12(15)5-3-11/h2-5,9,13H,6-8,16H2,1H3. The van der Waals surface area contributed by atoms with Crippen molar-refractivity contribution in [3.8, 4) is 0 Å². The second kappa shape index (κ2) is 6.45. The van der Waals surface area contributed by atoms with Gasteiger partial charge in [0.2, 0.25) is 0 Å². The highest BCUT2D eigenvalue weighted by molar-refractivity contribution is 9.10. The summed E-state index contributed by atoms with van der Waals surface area (Å²) >= 11 is 5.17. The highest BCUT2D eigenvalue weighted by Crippen LogP contribution is 2.17. The van der Waals surface area contributed by atoms with E-state index < -0.39 is 0 Å². The Kier molecular flexibility index (Phi) is 4.92. The van der Waals surface area contributed by atoms with Crippen molar-refractivity contribution in [2.45, 2.75) is 32.2 Å². The Bertz CT molecular complexity index is 493. The number of hydrogen-bond acceptors (Lipinski definition) is 3. The molecule has 2 aromatic rings. The lowest BCUT2D eigenvalue weighted by Gasteiger charge is -2.11. The Hall–Kier alpha value is -0.710. The van der Waals surface area contributed by atoms with E-state index in [1.807, 2.05) is 5.51 Å². The summed E-state index contributed by atoms with van der Waals surface area (Å²) in [6, 6.07) is 8.60. The molecule has 2 rings (SSSR count). The molecule has 0 aliphatic rings. The van der Waals surface area contributed by atoms with Gasteiger partial charge in [0.05, 0.1) is 11.2 Å². The first-order valence-electron chi connectivity index (χ1n) is 6.04. The molecule has 1 atom stereocenters. The van der Waals surface area contributed by atoms with Crippen LogP contribution >= 0.6 is 27.3 Å². The topological polar surface area (TPSA) is 38.9 Å². The number of thiazole rings is 1. The van der Waals surface area contributed by atoms with E-state index in [0.717, 1.165) is 29.4 Å². The first kappa shape index (κ1) is 13.7.